The van der Waals surface area contributed by atoms with Gasteiger partial charge in [-0.2, -0.15) is 0 Å². The lowest BCUT2D eigenvalue weighted by molar-refractivity contribution is -0.116. The molecule has 13 heteroatoms. The molecular weight excluding hydrogens is 576 g/mol. The van der Waals surface area contributed by atoms with Gasteiger partial charge in [0.25, 0.3) is 0 Å². The molecule has 41 heavy (non-hydrogen) atoms. The third-order valence-corrected chi connectivity index (χ3v) is 7.92. The van der Waals surface area contributed by atoms with Crippen LogP contribution in [0.15, 0.2) is 42.7 Å². The number of benzene rings is 2. The quantitative estimate of drug-likeness (QED) is 0.282. The molecule has 0 spiro atoms. The zero-order valence-corrected chi connectivity index (χ0v) is 23.5. The summed E-state index contributed by atoms with van der Waals surface area (Å²) < 4.78 is 37.9. The van der Waals surface area contributed by atoms with Gasteiger partial charge < -0.3 is 29.6 Å². The lowest BCUT2D eigenvalue weighted by atomic mass is 10.1. The minimum atomic E-state index is -0.707. The predicted octanol–water partition coefficient (Wildman–Crippen LogP) is 4.58. The molecule has 3 fully saturated rings. The van der Waals surface area contributed by atoms with E-state index in [-0.39, 0.29) is 40.0 Å². The standard InChI is InChI=1S/C28H28Cl2FN5O5/c29-18-3-4-19(27(31)26(18)30)35-28-17-10-21(22(11-20(17)32-15-33-28)41-16-5-7-38-14-16)34-25(37)2-1-6-36-12-23-24(13-36)40-9-8-39-23/h1-4,10-11,15-16,23-24H,5-9,12-14H2,(H,34,37)(H,32,33,35)/t16-,23-,24+/m0/s1. The van der Waals surface area contributed by atoms with Crippen molar-refractivity contribution in [2.75, 3.05) is 56.7 Å². The van der Waals surface area contributed by atoms with Crippen LogP contribution in [0, 0.1) is 5.82 Å². The molecule has 0 bridgehead atoms. The van der Waals surface area contributed by atoms with Gasteiger partial charge in [-0.25, -0.2) is 14.4 Å². The highest BCUT2D eigenvalue weighted by molar-refractivity contribution is 6.42. The monoisotopic (exact) mass is 603 g/mol. The van der Waals surface area contributed by atoms with E-state index in [1.54, 1.807) is 12.1 Å². The van der Waals surface area contributed by atoms with Crippen LogP contribution in [0.3, 0.4) is 0 Å². The fourth-order valence-corrected chi connectivity index (χ4v) is 5.39. The molecule has 1 aromatic heterocycles. The second kappa shape index (κ2) is 12.4. The molecule has 3 saturated heterocycles. The van der Waals surface area contributed by atoms with Gasteiger partial charge in [-0.05, 0) is 18.2 Å². The maximum Gasteiger partial charge on any atom is 0.248 e. The van der Waals surface area contributed by atoms with Crippen molar-refractivity contribution in [3.05, 3.63) is 58.6 Å². The van der Waals surface area contributed by atoms with Crippen LogP contribution >= 0.6 is 23.2 Å². The van der Waals surface area contributed by atoms with Gasteiger partial charge in [-0.1, -0.05) is 29.3 Å². The first-order chi connectivity index (χ1) is 19.9. The molecule has 3 atom stereocenters. The lowest BCUT2D eigenvalue weighted by Crippen LogP contribution is -2.36. The highest BCUT2D eigenvalue weighted by atomic mass is 35.5. The minimum Gasteiger partial charge on any atom is -0.486 e. The van der Waals surface area contributed by atoms with E-state index in [1.165, 1.54) is 24.5 Å². The number of hydrogen-bond donors (Lipinski definition) is 2. The molecule has 1 amide bonds. The predicted molar refractivity (Wildman–Crippen MR) is 153 cm³/mol. The van der Waals surface area contributed by atoms with Crippen LogP contribution in [0.1, 0.15) is 6.42 Å². The number of nitrogens with zero attached hydrogens (tertiary/aromatic N) is 3. The van der Waals surface area contributed by atoms with Gasteiger partial charge in [0, 0.05) is 43.6 Å². The smallest absolute Gasteiger partial charge is 0.248 e. The van der Waals surface area contributed by atoms with Crippen molar-refractivity contribution in [3.63, 3.8) is 0 Å². The van der Waals surface area contributed by atoms with Crippen molar-refractivity contribution in [1.82, 2.24) is 14.9 Å². The normalized spacial score (nSPS) is 22.8. The second-order valence-corrected chi connectivity index (χ2v) is 10.8. The number of rotatable bonds is 8. The highest BCUT2D eigenvalue weighted by Gasteiger charge is 2.35. The van der Waals surface area contributed by atoms with Gasteiger partial charge >= 0.3 is 0 Å². The van der Waals surface area contributed by atoms with Crippen LogP contribution in [-0.4, -0.2) is 85.1 Å². The molecular formula is C28H28Cl2FN5O5. The second-order valence-electron chi connectivity index (χ2n) is 9.97. The topological polar surface area (TPSA) is 107 Å². The van der Waals surface area contributed by atoms with Gasteiger partial charge in [0.1, 0.15) is 24.0 Å². The Morgan fingerprint density at radius 2 is 1.93 bits per heavy atom. The number of nitrogens with one attached hydrogen (secondary N) is 2. The summed E-state index contributed by atoms with van der Waals surface area (Å²) >= 11 is 11.9. The zero-order valence-electron chi connectivity index (χ0n) is 21.9. The van der Waals surface area contributed by atoms with E-state index in [0.717, 1.165) is 19.5 Å². The first-order valence-electron chi connectivity index (χ1n) is 13.3. The largest absolute Gasteiger partial charge is 0.486 e. The Kier molecular flexibility index (Phi) is 8.52. The van der Waals surface area contributed by atoms with Gasteiger partial charge in [0.05, 0.1) is 65.6 Å². The number of amides is 1. The molecule has 4 heterocycles. The van der Waals surface area contributed by atoms with E-state index in [0.29, 0.717) is 61.1 Å². The molecule has 0 aliphatic carbocycles. The van der Waals surface area contributed by atoms with Crippen molar-refractivity contribution < 1.29 is 28.1 Å². The first-order valence-corrected chi connectivity index (χ1v) is 14.1. The van der Waals surface area contributed by atoms with Crippen molar-refractivity contribution in [2.45, 2.75) is 24.7 Å². The van der Waals surface area contributed by atoms with Gasteiger partial charge in [-0.3, -0.25) is 9.69 Å². The minimum absolute atomic E-state index is 0.0743. The molecule has 0 unspecified atom stereocenters. The fraction of sp³-hybridized carbons (Fsp3) is 0.393. The fourth-order valence-electron chi connectivity index (χ4n) is 5.08. The zero-order chi connectivity index (χ0) is 28.3. The Labute approximate surface area is 245 Å². The summed E-state index contributed by atoms with van der Waals surface area (Å²) in [4.78, 5) is 23.8. The number of fused-ring (bicyclic) bond motifs is 2. The number of aromatic nitrogens is 2. The summed E-state index contributed by atoms with van der Waals surface area (Å²) in [6, 6.07) is 6.37. The summed E-state index contributed by atoms with van der Waals surface area (Å²) in [5.41, 5.74) is 1.04. The Morgan fingerprint density at radius 3 is 2.68 bits per heavy atom. The van der Waals surface area contributed by atoms with E-state index in [4.69, 9.17) is 42.1 Å². The summed E-state index contributed by atoms with van der Waals surface area (Å²) in [6.07, 6.45) is 5.37. The van der Waals surface area contributed by atoms with E-state index in [1.807, 2.05) is 6.08 Å². The SMILES string of the molecule is O=C(C=CCN1C[C@@H]2OCCO[C@@H]2C1)Nc1cc2c(Nc3ccc(Cl)c(Cl)c3F)ncnc2cc1O[C@H]1CCOC1. The van der Waals surface area contributed by atoms with Crippen LogP contribution in [-0.2, 0) is 19.0 Å². The Morgan fingerprint density at radius 1 is 1.12 bits per heavy atom. The molecule has 6 rings (SSSR count). The summed E-state index contributed by atoms with van der Waals surface area (Å²) in [7, 11) is 0. The van der Waals surface area contributed by atoms with E-state index in [9.17, 15) is 9.18 Å². The Hall–Kier alpha value is -3.06. The number of likely N-dealkylation sites (tertiary alicyclic amines) is 1. The molecule has 0 saturated carbocycles. The summed E-state index contributed by atoms with van der Waals surface area (Å²) in [6.45, 7) is 4.38. The lowest BCUT2D eigenvalue weighted by Gasteiger charge is -2.24. The molecule has 2 aromatic carbocycles. The first kappa shape index (κ1) is 28.1. The number of halogens is 3. The summed E-state index contributed by atoms with van der Waals surface area (Å²) in [5.74, 6) is -0.281. The van der Waals surface area contributed by atoms with E-state index < -0.39 is 5.82 Å². The molecule has 3 aromatic rings. The third-order valence-electron chi connectivity index (χ3n) is 7.14. The van der Waals surface area contributed by atoms with Crippen LogP contribution in [0.4, 0.5) is 21.6 Å². The van der Waals surface area contributed by atoms with Crippen molar-refractivity contribution in [2.24, 2.45) is 0 Å². The number of anilines is 3. The van der Waals surface area contributed by atoms with Crippen molar-refractivity contribution >= 4 is 57.2 Å². The molecule has 216 valence electrons. The third kappa shape index (κ3) is 6.40. The average molecular weight is 604 g/mol. The number of hydrogen-bond acceptors (Lipinski definition) is 9. The average Bonchev–Trinajstić information content (AvgIpc) is 3.63. The maximum absolute atomic E-state index is 14.8. The molecule has 10 nitrogen and oxygen atoms in total. The molecule has 3 aliphatic heterocycles. The van der Waals surface area contributed by atoms with E-state index >= 15 is 0 Å². The Bertz CT molecular complexity index is 1460. The molecule has 3 aliphatic rings. The highest BCUT2D eigenvalue weighted by Crippen LogP contribution is 2.36. The van der Waals surface area contributed by atoms with Crippen LogP contribution < -0.4 is 15.4 Å². The van der Waals surface area contributed by atoms with Crippen molar-refractivity contribution in [3.8, 4) is 5.75 Å². The van der Waals surface area contributed by atoms with Gasteiger partial charge in [0.2, 0.25) is 5.91 Å². The summed E-state index contributed by atoms with van der Waals surface area (Å²) in [5, 5.41) is 6.31. The van der Waals surface area contributed by atoms with Crippen LogP contribution in [0.2, 0.25) is 10.0 Å². The number of carbonyl (C=O) groups excluding carboxylic acids is 1. The maximum atomic E-state index is 14.8. The number of carbonyl (C=O) groups is 1. The van der Waals surface area contributed by atoms with Crippen molar-refractivity contribution in [1.29, 1.82) is 0 Å². The van der Waals surface area contributed by atoms with Gasteiger partial charge in [-0.15, -0.1) is 0 Å². The van der Waals surface area contributed by atoms with Crippen LogP contribution in [0.5, 0.6) is 5.75 Å². The van der Waals surface area contributed by atoms with E-state index in [2.05, 4.69) is 25.5 Å². The number of ether oxygens (including phenoxy) is 4. The Balaban J connectivity index is 1.23. The molecule has 2 N–H and O–H groups in total. The molecule has 0 radical (unpaired) electrons. The van der Waals surface area contributed by atoms with Crippen LogP contribution in [0.25, 0.3) is 10.9 Å². The van der Waals surface area contributed by atoms with Gasteiger partial charge in [0.15, 0.2) is 5.82 Å².